The van der Waals surface area contributed by atoms with E-state index in [2.05, 4.69) is 20.4 Å². The molecule has 0 aliphatic heterocycles. The molecule has 0 spiro atoms. The van der Waals surface area contributed by atoms with Crippen LogP contribution in [0.4, 0.5) is 5.69 Å². The molecule has 3 heterocycles. The molecule has 0 bridgehead atoms. The summed E-state index contributed by atoms with van der Waals surface area (Å²) in [6, 6.07) is 12.4. The van der Waals surface area contributed by atoms with Gasteiger partial charge in [0.25, 0.3) is 5.91 Å². The van der Waals surface area contributed by atoms with Gasteiger partial charge in [0.2, 0.25) is 0 Å². The summed E-state index contributed by atoms with van der Waals surface area (Å²) in [7, 11) is 0. The van der Waals surface area contributed by atoms with Gasteiger partial charge in [0.1, 0.15) is 5.52 Å². The fourth-order valence-electron chi connectivity index (χ4n) is 2.74. The fourth-order valence-corrected chi connectivity index (χ4v) is 3.26. The largest absolute Gasteiger partial charge is 0.320 e. The zero-order chi connectivity index (χ0) is 18.8. The van der Waals surface area contributed by atoms with Crippen LogP contribution in [-0.4, -0.2) is 25.7 Å². The highest BCUT2D eigenvalue weighted by Gasteiger charge is 2.19. The SMILES string of the molecule is O=C(Nc1ccncc1)c1nn(Cc2c(Cl)cccc2Cl)c2cccnc12. The van der Waals surface area contributed by atoms with E-state index >= 15 is 0 Å². The van der Waals surface area contributed by atoms with E-state index in [0.29, 0.717) is 33.3 Å². The lowest BCUT2D eigenvalue weighted by Gasteiger charge is -2.08. The topological polar surface area (TPSA) is 72.7 Å². The minimum atomic E-state index is -0.353. The zero-order valence-electron chi connectivity index (χ0n) is 13.9. The molecule has 6 nitrogen and oxygen atoms in total. The molecule has 0 aliphatic rings. The molecule has 0 saturated carbocycles. The number of aromatic nitrogens is 4. The molecule has 0 radical (unpaired) electrons. The van der Waals surface area contributed by atoms with E-state index in [1.807, 2.05) is 6.07 Å². The molecular weight excluding hydrogens is 385 g/mol. The molecule has 0 aliphatic carbocycles. The van der Waals surface area contributed by atoms with Crippen LogP contribution in [0.3, 0.4) is 0 Å². The molecule has 0 atom stereocenters. The lowest BCUT2D eigenvalue weighted by atomic mass is 10.2. The van der Waals surface area contributed by atoms with Crippen molar-refractivity contribution >= 4 is 45.8 Å². The molecule has 3 aromatic heterocycles. The Labute approximate surface area is 164 Å². The molecule has 0 fully saturated rings. The average Bonchev–Trinajstić information content (AvgIpc) is 3.04. The maximum Gasteiger partial charge on any atom is 0.278 e. The van der Waals surface area contributed by atoms with Crippen molar-refractivity contribution in [3.8, 4) is 0 Å². The van der Waals surface area contributed by atoms with E-state index in [0.717, 1.165) is 5.56 Å². The van der Waals surface area contributed by atoms with Crippen molar-refractivity contribution in [1.82, 2.24) is 19.7 Å². The second-order valence-corrected chi connectivity index (χ2v) is 6.58. The van der Waals surface area contributed by atoms with Crippen LogP contribution in [0.1, 0.15) is 16.1 Å². The van der Waals surface area contributed by atoms with Crippen molar-refractivity contribution < 1.29 is 4.79 Å². The van der Waals surface area contributed by atoms with Crippen LogP contribution in [0.5, 0.6) is 0 Å². The van der Waals surface area contributed by atoms with Gasteiger partial charge in [-0.25, -0.2) is 0 Å². The first-order valence-corrected chi connectivity index (χ1v) is 8.85. The van der Waals surface area contributed by atoms with E-state index in [-0.39, 0.29) is 11.6 Å². The van der Waals surface area contributed by atoms with Crippen LogP contribution in [-0.2, 0) is 6.54 Å². The van der Waals surface area contributed by atoms with Gasteiger partial charge in [-0.05, 0) is 36.4 Å². The van der Waals surface area contributed by atoms with Crippen molar-refractivity contribution in [3.05, 3.63) is 82.4 Å². The standard InChI is InChI=1S/C19H13Cl2N5O/c20-14-3-1-4-15(21)13(14)11-26-16-5-2-8-23-17(16)18(25-26)19(27)24-12-6-9-22-10-7-12/h1-10H,11H2,(H,22,24,27). The van der Waals surface area contributed by atoms with Gasteiger partial charge in [-0.15, -0.1) is 0 Å². The Morgan fingerprint density at radius 3 is 2.48 bits per heavy atom. The lowest BCUT2D eigenvalue weighted by Crippen LogP contribution is -2.14. The van der Waals surface area contributed by atoms with Crippen LogP contribution >= 0.6 is 23.2 Å². The van der Waals surface area contributed by atoms with Crippen molar-refractivity contribution in [2.45, 2.75) is 6.54 Å². The third kappa shape index (κ3) is 3.49. The van der Waals surface area contributed by atoms with Gasteiger partial charge in [0.05, 0.1) is 12.1 Å². The van der Waals surface area contributed by atoms with Gasteiger partial charge < -0.3 is 5.32 Å². The molecule has 0 unspecified atom stereocenters. The summed E-state index contributed by atoms with van der Waals surface area (Å²) in [4.78, 5) is 21.0. The number of halogens is 2. The van der Waals surface area contributed by atoms with Crippen molar-refractivity contribution in [3.63, 3.8) is 0 Å². The molecule has 4 aromatic rings. The van der Waals surface area contributed by atoms with Gasteiger partial charge in [-0.2, -0.15) is 5.10 Å². The molecule has 8 heteroatoms. The average molecular weight is 398 g/mol. The molecule has 0 saturated heterocycles. The monoisotopic (exact) mass is 397 g/mol. The maximum atomic E-state index is 12.7. The Hall–Kier alpha value is -2.96. The summed E-state index contributed by atoms with van der Waals surface area (Å²) in [5.41, 5.74) is 2.81. The van der Waals surface area contributed by atoms with E-state index in [9.17, 15) is 4.79 Å². The molecular formula is C19H13Cl2N5O. The molecule has 1 amide bonds. The lowest BCUT2D eigenvalue weighted by molar-refractivity contribution is 0.102. The highest BCUT2D eigenvalue weighted by atomic mass is 35.5. The van der Waals surface area contributed by atoms with Gasteiger partial charge in [-0.1, -0.05) is 29.3 Å². The molecule has 134 valence electrons. The number of carbonyl (C=O) groups is 1. The molecule has 1 N–H and O–H groups in total. The number of nitrogens with one attached hydrogen (secondary N) is 1. The summed E-state index contributed by atoms with van der Waals surface area (Å²) in [5, 5.41) is 8.35. The number of benzene rings is 1. The second-order valence-electron chi connectivity index (χ2n) is 5.77. The number of hydrogen-bond donors (Lipinski definition) is 1. The third-order valence-electron chi connectivity index (χ3n) is 4.03. The summed E-state index contributed by atoms with van der Waals surface area (Å²) in [6.45, 7) is 0.323. The van der Waals surface area contributed by atoms with Crippen molar-refractivity contribution in [2.24, 2.45) is 0 Å². The Morgan fingerprint density at radius 1 is 1.00 bits per heavy atom. The smallest absolute Gasteiger partial charge is 0.278 e. The molecule has 27 heavy (non-hydrogen) atoms. The normalized spacial score (nSPS) is 10.9. The zero-order valence-corrected chi connectivity index (χ0v) is 15.4. The number of anilines is 1. The van der Waals surface area contributed by atoms with Crippen LogP contribution in [0.15, 0.2) is 61.1 Å². The summed E-state index contributed by atoms with van der Waals surface area (Å²) < 4.78 is 1.68. The first-order valence-electron chi connectivity index (χ1n) is 8.09. The van der Waals surface area contributed by atoms with Crippen molar-refractivity contribution in [1.29, 1.82) is 0 Å². The highest BCUT2D eigenvalue weighted by molar-refractivity contribution is 6.36. The Balaban J connectivity index is 1.74. The highest BCUT2D eigenvalue weighted by Crippen LogP contribution is 2.27. The van der Waals surface area contributed by atoms with Crippen LogP contribution in [0, 0.1) is 0 Å². The predicted molar refractivity (Wildman–Crippen MR) is 105 cm³/mol. The predicted octanol–water partition coefficient (Wildman–Crippen LogP) is 4.43. The van der Waals surface area contributed by atoms with E-state index in [4.69, 9.17) is 23.2 Å². The summed E-state index contributed by atoms with van der Waals surface area (Å²) in [5.74, 6) is -0.353. The second kappa shape index (κ2) is 7.34. The number of hydrogen-bond acceptors (Lipinski definition) is 4. The first-order chi connectivity index (χ1) is 13.1. The number of pyridine rings is 2. The third-order valence-corrected chi connectivity index (χ3v) is 4.74. The van der Waals surface area contributed by atoms with Gasteiger partial charge >= 0.3 is 0 Å². The summed E-state index contributed by atoms with van der Waals surface area (Å²) >= 11 is 12.6. The molecule has 1 aromatic carbocycles. The van der Waals surface area contributed by atoms with E-state index in [1.165, 1.54) is 0 Å². The minimum absolute atomic E-state index is 0.227. The van der Waals surface area contributed by atoms with Gasteiger partial charge in [0, 0.05) is 39.9 Å². The van der Waals surface area contributed by atoms with Gasteiger partial charge in [-0.3, -0.25) is 19.4 Å². The Bertz CT molecular complexity index is 1110. The van der Waals surface area contributed by atoms with Crippen LogP contribution < -0.4 is 5.32 Å². The molecule has 4 rings (SSSR count). The van der Waals surface area contributed by atoms with Crippen molar-refractivity contribution in [2.75, 3.05) is 5.32 Å². The fraction of sp³-hybridized carbons (Fsp3) is 0.0526. The summed E-state index contributed by atoms with van der Waals surface area (Å²) in [6.07, 6.45) is 4.83. The Morgan fingerprint density at radius 2 is 1.74 bits per heavy atom. The number of carbonyl (C=O) groups excluding carboxylic acids is 1. The number of nitrogens with zero attached hydrogens (tertiary/aromatic N) is 4. The maximum absolute atomic E-state index is 12.7. The van der Waals surface area contributed by atoms with Gasteiger partial charge in [0.15, 0.2) is 5.69 Å². The number of fused-ring (bicyclic) bond motifs is 1. The van der Waals surface area contributed by atoms with Crippen LogP contribution in [0.2, 0.25) is 10.0 Å². The minimum Gasteiger partial charge on any atom is -0.320 e. The van der Waals surface area contributed by atoms with E-state index < -0.39 is 0 Å². The quantitative estimate of drug-likeness (QED) is 0.552. The Kier molecular flexibility index (Phi) is 4.75. The van der Waals surface area contributed by atoms with E-state index in [1.54, 1.807) is 59.7 Å². The van der Waals surface area contributed by atoms with Crippen LogP contribution in [0.25, 0.3) is 11.0 Å². The number of amides is 1. The first kappa shape index (κ1) is 17.5. The number of rotatable bonds is 4.